The molecular weight excluding hydrogens is 590 g/mol. The first-order valence-electron chi connectivity index (χ1n) is 15.6. The highest BCUT2D eigenvalue weighted by molar-refractivity contribution is 6.30. The summed E-state index contributed by atoms with van der Waals surface area (Å²) in [4.78, 5) is 66.8. The highest BCUT2D eigenvalue weighted by atomic mass is 16.7. The maximum atomic E-state index is 14.2. The van der Waals surface area contributed by atoms with E-state index in [0.717, 1.165) is 12.5 Å². The fourth-order valence-corrected chi connectivity index (χ4v) is 6.32. The summed E-state index contributed by atoms with van der Waals surface area (Å²) in [5.74, 6) is -4.85. The molecule has 3 unspecified atom stereocenters. The van der Waals surface area contributed by atoms with Crippen LogP contribution in [0.2, 0.25) is 0 Å². The molecule has 1 aliphatic carbocycles. The van der Waals surface area contributed by atoms with E-state index < -0.39 is 47.2 Å². The van der Waals surface area contributed by atoms with E-state index in [0.29, 0.717) is 18.4 Å². The molecule has 0 radical (unpaired) electrons. The Morgan fingerprint density at radius 3 is 2.48 bits per heavy atom. The minimum Gasteiger partial charge on any atom is -0.485 e. The zero-order valence-electron chi connectivity index (χ0n) is 27.8. The highest BCUT2D eigenvalue weighted by Crippen LogP contribution is 2.49. The van der Waals surface area contributed by atoms with Crippen molar-refractivity contribution >= 4 is 29.2 Å². The molecule has 0 fully saturated rings. The van der Waals surface area contributed by atoms with Gasteiger partial charge in [-0.2, -0.15) is 0 Å². The number of rotatable bonds is 8. The van der Waals surface area contributed by atoms with Gasteiger partial charge in [0.05, 0.1) is 28.6 Å². The Balaban J connectivity index is 1.97. The lowest BCUT2D eigenvalue weighted by atomic mass is 9.83. The zero-order chi connectivity index (χ0) is 34.1. The third kappa shape index (κ3) is 6.71. The first kappa shape index (κ1) is 34.4. The Hall–Kier alpha value is -4.47. The van der Waals surface area contributed by atoms with Crippen molar-refractivity contribution < 1.29 is 42.9 Å². The third-order valence-electron chi connectivity index (χ3n) is 8.53. The molecule has 6 atom stereocenters. The lowest BCUT2D eigenvalue weighted by Gasteiger charge is -2.34. The molecule has 0 aromatic heterocycles. The molecule has 1 amide bonds. The van der Waals surface area contributed by atoms with E-state index in [1.807, 2.05) is 19.9 Å². The number of ether oxygens (including phenoxy) is 4. The number of amides is 1. The van der Waals surface area contributed by atoms with Crippen LogP contribution in [-0.4, -0.2) is 47.2 Å². The van der Waals surface area contributed by atoms with Crippen LogP contribution in [0.15, 0.2) is 48.4 Å². The summed E-state index contributed by atoms with van der Waals surface area (Å²) in [6.45, 7) is 17.5. The Labute approximate surface area is 269 Å². The number of nitrogens with one attached hydrogen (secondary N) is 1. The van der Waals surface area contributed by atoms with E-state index in [1.54, 1.807) is 13.0 Å². The molecule has 10 nitrogen and oxygen atoms in total. The van der Waals surface area contributed by atoms with Gasteiger partial charge in [-0.3, -0.25) is 24.0 Å². The number of fused-ring (bicyclic) bond motifs is 5. The lowest BCUT2D eigenvalue weighted by molar-refractivity contribution is -0.155. The first-order valence-corrected chi connectivity index (χ1v) is 15.6. The van der Waals surface area contributed by atoms with Crippen LogP contribution in [0.25, 0.3) is 0 Å². The molecule has 1 aromatic rings. The Morgan fingerprint density at radius 1 is 1.15 bits per heavy atom. The fraction of sp³-hybridized carbons (Fsp3) is 0.472. The highest BCUT2D eigenvalue weighted by Gasteiger charge is 2.52. The van der Waals surface area contributed by atoms with Crippen LogP contribution in [0.1, 0.15) is 104 Å². The molecule has 10 heteroatoms. The predicted octanol–water partition coefficient (Wildman–Crippen LogP) is 6.12. The Kier molecular flexibility index (Phi) is 10.1. The van der Waals surface area contributed by atoms with Gasteiger partial charge in [-0.05, 0) is 57.9 Å². The normalized spacial score (nSPS) is 25.9. The number of hydrogen-bond donors (Lipinski definition) is 1. The molecule has 0 saturated heterocycles. The molecule has 0 spiro atoms. The maximum absolute atomic E-state index is 14.2. The molecule has 2 heterocycles. The summed E-state index contributed by atoms with van der Waals surface area (Å²) >= 11 is 0. The number of ketones is 3. The Bertz CT molecular complexity index is 1580. The van der Waals surface area contributed by atoms with E-state index in [4.69, 9.17) is 18.9 Å². The second kappa shape index (κ2) is 13.5. The van der Waals surface area contributed by atoms with E-state index in [9.17, 15) is 24.0 Å². The van der Waals surface area contributed by atoms with Crippen molar-refractivity contribution in [3.8, 4) is 11.5 Å². The predicted molar refractivity (Wildman–Crippen MR) is 171 cm³/mol. The van der Waals surface area contributed by atoms with E-state index >= 15 is 0 Å². The summed E-state index contributed by atoms with van der Waals surface area (Å²) in [6, 6.07) is 0. The van der Waals surface area contributed by atoms with E-state index in [-0.39, 0.29) is 57.2 Å². The largest absolute Gasteiger partial charge is 0.485 e. The van der Waals surface area contributed by atoms with Gasteiger partial charge >= 0.3 is 11.8 Å². The van der Waals surface area contributed by atoms with Crippen LogP contribution in [0.3, 0.4) is 0 Å². The maximum Gasteiger partial charge on any atom is 0.312 e. The zero-order valence-corrected chi connectivity index (χ0v) is 27.8. The van der Waals surface area contributed by atoms with E-state index in [1.165, 1.54) is 27.0 Å². The van der Waals surface area contributed by atoms with Gasteiger partial charge in [0.2, 0.25) is 5.78 Å². The van der Waals surface area contributed by atoms with Gasteiger partial charge in [-0.1, -0.05) is 39.5 Å². The molecule has 46 heavy (non-hydrogen) atoms. The van der Waals surface area contributed by atoms with Crippen molar-refractivity contribution in [2.24, 2.45) is 17.8 Å². The quantitative estimate of drug-likeness (QED) is 0.204. The third-order valence-corrected chi connectivity index (χ3v) is 8.53. The summed E-state index contributed by atoms with van der Waals surface area (Å²) in [5, 5.41) is 2.47. The first-order chi connectivity index (χ1) is 21.6. The average molecular weight is 634 g/mol. The number of esters is 1. The summed E-state index contributed by atoms with van der Waals surface area (Å²) in [6.07, 6.45) is 8.31. The van der Waals surface area contributed by atoms with Crippen molar-refractivity contribution in [2.45, 2.75) is 92.6 Å². The second-order valence-electron chi connectivity index (χ2n) is 12.8. The van der Waals surface area contributed by atoms with Crippen LogP contribution in [0, 0.1) is 24.7 Å². The topological polar surface area (TPSA) is 134 Å². The van der Waals surface area contributed by atoms with Crippen LogP contribution < -0.4 is 14.8 Å². The number of Topliss-reactive ketones (excluding diaryl/α,β-unsaturated/α-hetero) is 2. The van der Waals surface area contributed by atoms with Gasteiger partial charge in [0.1, 0.15) is 23.7 Å². The van der Waals surface area contributed by atoms with Crippen molar-refractivity contribution in [1.82, 2.24) is 5.32 Å². The van der Waals surface area contributed by atoms with E-state index in [2.05, 4.69) is 31.8 Å². The van der Waals surface area contributed by atoms with Gasteiger partial charge in [0.15, 0.2) is 5.78 Å². The fourth-order valence-electron chi connectivity index (χ4n) is 6.32. The molecular formula is C36H43NO9. The molecule has 1 N–H and O–H groups in total. The Morgan fingerprint density at radius 2 is 1.85 bits per heavy atom. The monoisotopic (exact) mass is 633 g/mol. The number of hydrogen-bond acceptors (Lipinski definition) is 9. The van der Waals surface area contributed by atoms with Gasteiger partial charge in [0, 0.05) is 37.0 Å². The molecule has 1 aromatic carbocycles. The SMILES string of the molecule is C=C(C)C(=O)NC1=CC(=O)c2c(c3c(C)c4c2C(=O)[C@@](C)(O/C=C/C[C@@H](C)C(OC(C)=O)C(C[C@H](C)CC(C)/C=C/C)O3)O4)C1=O. The molecule has 246 valence electrons. The molecule has 2 aliphatic heterocycles. The number of carbonyl (C=O) groups is 5. The van der Waals surface area contributed by atoms with Crippen LogP contribution in [0.4, 0.5) is 0 Å². The van der Waals surface area contributed by atoms with Crippen molar-refractivity contribution in [3.63, 3.8) is 0 Å². The molecule has 3 aliphatic rings. The van der Waals surface area contributed by atoms with Crippen LogP contribution in [0.5, 0.6) is 11.5 Å². The van der Waals surface area contributed by atoms with Gasteiger partial charge in [-0.15, -0.1) is 0 Å². The standard InChI is InChI=1S/C36H43NO9/c1-10-12-19(4)15-20(5)16-26-31(44-23(8)38)21(6)13-11-14-43-36(9)34(41)29-27-25(39)17-24(37-35(42)18(2)3)30(40)28(27)32(45-26)22(7)33(29)46-36/h10-12,14,17,19-21,26,31H,2,13,15-16H2,1,3-9H3,(H,37,42)/b12-10+,14-11+/t19?,20-,21-,26?,31?,36+/m1/s1. The van der Waals surface area contributed by atoms with Crippen LogP contribution >= 0.6 is 0 Å². The van der Waals surface area contributed by atoms with Crippen molar-refractivity contribution in [2.75, 3.05) is 0 Å². The smallest absolute Gasteiger partial charge is 0.312 e. The van der Waals surface area contributed by atoms with Crippen molar-refractivity contribution in [1.29, 1.82) is 0 Å². The summed E-state index contributed by atoms with van der Waals surface area (Å²) < 4.78 is 24.6. The van der Waals surface area contributed by atoms with Gasteiger partial charge in [-0.25, -0.2) is 0 Å². The average Bonchev–Trinajstić information content (AvgIpc) is 3.23. The lowest BCUT2D eigenvalue weighted by Crippen LogP contribution is -2.42. The second-order valence-corrected chi connectivity index (χ2v) is 12.8. The minimum atomic E-state index is -1.82. The van der Waals surface area contributed by atoms with Gasteiger partial charge < -0.3 is 24.3 Å². The molecule has 4 rings (SSSR count). The van der Waals surface area contributed by atoms with Crippen molar-refractivity contribution in [3.05, 3.63) is 70.7 Å². The minimum absolute atomic E-state index is 0.00887. The summed E-state index contributed by atoms with van der Waals surface area (Å²) in [7, 11) is 0. The van der Waals surface area contributed by atoms with Gasteiger partial charge in [0.25, 0.3) is 11.7 Å². The molecule has 3 bridgehead atoms. The summed E-state index contributed by atoms with van der Waals surface area (Å²) in [5.41, 5.74) is -0.323. The molecule has 0 saturated carbocycles. The number of benzene rings is 1. The van der Waals surface area contributed by atoms with Crippen LogP contribution in [-0.2, 0) is 19.1 Å². The number of carbonyl (C=O) groups excluding carboxylic acids is 5. The number of allylic oxidation sites excluding steroid dienone is 5.